The number of nitrogen functional groups attached to an aromatic ring is 1. The molecule has 1 aliphatic carbocycles. The number of ether oxygens (including phenoxy) is 1. The van der Waals surface area contributed by atoms with E-state index in [1.807, 2.05) is 28.8 Å². The zero-order chi connectivity index (χ0) is 19.7. The lowest BCUT2D eigenvalue weighted by atomic mass is 9.95. The number of nitrogens with two attached hydrogens (primary N) is 1. The number of aromatic nitrogens is 3. The fraction of sp³-hybridized carbons (Fsp3) is 0.500. The largest absolute Gasteiger partial charge is 0.462 e. The van der Waals surface area contributed by atoms with Gasteiger partial charge in [0.25, 0.3) is 0 Å². The van der Waals surface area contributed by atoms with Crippen LogP contribution in [-0.4, -0.2) is 27.1 Å². The molecule has 1 fully saturated rings. The summed E-state index contributed by atoms with van der Waals surface area (Å²) in [7, 11) is 0. The van der Waals surface area contributed by atoms with Gasteiger partial charge in [-0.25, -0.2) is 14.8 Å². The van der Waals surface area contributed by atoms with E-state index in [1.54, 1.807) is 0 Å². The molecule has 0 aliphatic heterocycles. The van der Waals surface area contributed by atoms with Gasteiger partial charge in [0.15, 0.2) is 5.65 Å². The van der Waals surface area contributed by atoms with E-state index in [0.29, 0.717) is 35.1 Å². The van der Waals surface area contributed by atoms with Crippen LogP contribution < -0.4 is 5.73 Å². The number of benzene rings is 1. The zero-order valence-electron chi connectivity index (χ0n) is 16.6. The predicted molar refractivity (Wildman–Crippen MR) is 111 cm³/mol. The first-order valence-corrected chi connectivity index (χ1v) is 10.3. The minimum atomic E-state index is -0.401. The van der Waals surface area contributed by atoms with E-state index in [2.05, 4.69) is 13.8 Å². The van der Waals surface area contributed by atoms with Gasteiger partial charge in [0.05, 0.1) is 17.6 Å². The van der Waals surface area contributed by atoms with Gasteiger partial charge in [0, 0.05) is 6.04 Å². The second-order valence-corrected chi connectivity index (χ2v) is 7.92. The van der Waals surface area contributed by atoms with Crippen molar-refractivity contribution in [2.45, 2.75) is 58.4 Å². The molecule has 1 aliphatic rings. The van der Waals surface area contributed by atoms with Crippen LogP contribution in [0.4, 0.5) is 5.82 Å². The molecular formula is C22H28N4O2. The second-order valence-electron chi connectivity index (χ2n) is 7.92. The van der Waals surface area contributed by atoms with E-state index in [1.165, 1.54) is 19.3 Å². The number of esters is 1. The molecule has 0 radical (unpaired) electrons. The molecule has 2 aromatic heterocycles. The summed E-state index contributed by atoms with van der Waals surface area (Å²) in [5.41, 5.74) is 9.71. The third kappa shape index (κ3) is 3.32. The summed E-state index contributed by atoms with van der Waals surface area (Å²) in [5.74, 6) is 0.345. The van der Waals surface area contributed by atoms with Crippen molar-refractivity contribution in [3.8, 4) is 0 Å². The number of nitrogens with zero attached hydrogens (tertiary/aromatic N) is 3. The molecule has 1 aromatic carbocycles. The highest BCUT2D eigenvalue weighted by Gasteiger charge is 2.29. The molecular weight excluding hydrogens is 352 g/mol. The summed E-state index contributed by atoms with van der Waals surface area (Å²) in [6, 6.07) is 7.97. The van der Waals surface area contributed by atoms with Gasteiger partial charge >= 0.3 is 5.97 Å². The van der Waals surface area contributed by atoms with Crippen LogP contribution in [0.15, 0.2) is 24.3 Å². The van der Waals surface area contributed by atoms with E-state index in [9.17, 15) is 4.79 Å². The first-order valence-electron chi connectivity index (χ1n) is 10.3. The highest BCUT2D eigenvalue weighted by atomic mass is 16.5. The number of carbonyl (C=O) groups excluding carboxylic acids is 1. The van der Waals surface area contributed by atoms with Gasteiger partial charge in [-0.2, -0.15) is 0 Å². The molecule has 6 heteroatoms. The lowest BCUT2D eigenvalue weighted by Gasteiger charge is -2.25. The van der Waals surface area contributed by atoms with Gasteiger partial charge < -0.3 is 15.0 Å². The number of para-hydroxylation sites is 2. The summed E-state index contributed by atoms with van der Waals surface area (Å²) in [6.07, 6.45) is 6.62. The Morgan fingerprint density at radius 3 is 2.57 bits per heavy atom. The molecule has 0 saturated heterocycles. The summed E-state index contributed by atoms with van der Waals surface area (Å²) < 4.78 is 7.62. The molecule has 1 atom stereocenters. The molecule has 0 spiro atoms. The van der Waals surface area contributed by atoms with Crippen LogP contribution in [-0.2, 0) is 4.74 Å². The molecule has 4 rings (SSSR count). The highest BCUT2D eigenvalue weighted by molar-refractivity contribution is 6.08. The zero-order valence-corrected chi connectivity index (χ0v) is 16.6. The standard InChI is InChI=1S/C22H28N4O2/c1-3-14(2)13-28-22(27)18-19-21(25-17-12-8-7-11-16(17)24-19)26(20(18)23)15-9-5-4-6-10-15/h7-8,11-12,14-15H,3-6,9-10,13,23H2,1-2H3. The maximum Gasteiger partial charge on any atom is 0.344 e. The second kappa shape index (κ2) is 7.78. The fourth-order valence-corrected chi connectivity index (χ4v) is 4.00. The summed E-state index contributed by atoms with van der Waals surface area (Å²) >= 11 is 0. The molecule has 148 valence electrons. The molecule has 1 saturated carbocycles. The van der Waals surface area contributed by atoms with Crippen LogP contribution in [0.25, 0.3) is 22.2 Å². The molecule has 0 bridgehead atoms. The molecule has 3 aromatic rings. The quantitative estimate of drug-likeness (QED) is 0.638. The maximum absolute atomic E-state index is 12.9. The Morgan fingerprint density at radius 1 is 1.21 bits per heavy atom. The van der Waals surface area contributed by atoms with Gasteiger partial charge in [0.1, 0.15) is 16.9 Å². The lowest BCUT2D eigenvalue weighted by molar-refractivity contribution is 0.0450. The third-order valence-corrected chi connectivity index (χ3v) is 5.87. The van der Waals surface area contributed by atoms with Gasteiger partial charge in [-0.3, -0.25) is 0 Å². The number of hydrogen-bond acceptors (Lipinski definition) is 5. The highest BCUT2D eigenvalue weighted by Crippen LogP contribution is 2.37. The van der Waals surface area contributed by atoms with Crippen molar-refractivity contribution in [2.75, 3.05) is 12.3 Å². The number of rotatable bonds is 5. The van der Waals surface area contributed by atoms with Gasteiger partial charge in [-0.05, 0) is 30.9 Å². The minimum absolute atomic E-state index is 0.253. The van der Waals surface area contributed by atoms with Crippen LogP contribution in [0.1, 0.15) is 68.8 Å². The van der Waals surface area contributed by atoms with E-state index < -0.39 is 5.97 Å². The van der Waals surface area contributed by atoms with E-state index in [4.69, 9.17) is 20.4 Å². The lowest BCUT2D eigenvalue weighted by Crippen LogP contribution is -2.17. The normalized spacial score (nSPS) is 16.5. The summed E-state index contributed by atoms with van der Waals surface area (Å²) in [4.78, 5) is 22.5. The number of hydrogen-bond donors (Lipinski definition) is 1. The van der Waals surface area contributed by atoms with Gasteiger partial charge in [0.2, 0.25) is 0 Å². The Labute approximate surface area is 165 Å². The minimum Gasteiger partial charge on any atom is -0.462 e. The number of anilines is 1. The van der Waals surface area contributed by atoms with Crippen molar-refractivity contribution in [1.29, 1.82) is 0 Å². The first-order chi connectivity index (χ1) is 13.6. The van der Waals surface area contributed by atoms with Crippen molar-refractivity contribution in [3.05, 3.63) is 29.8 Å². The van der Waals surface area contributed by atoms with Crippen LogP contribution in [0, 0.1) is 5.92 Å². The van der Waals surface area contributed by atoms with Gasteiger partial charge in [-0.1, -0.05) is 51.7 Å². The van der Waals surface area contributed by atoms with Crippen molar-refractivity contribution >= 4 is 34.0 Å². The summed E-state index contributed by atoms with van der Waals surface area (Å²) in [6.45, 7) is 4.53. The van der Waals surface area contributed by atoms with Crippen molar-refractivity contribution < 1.29 is 9.53 Å². The molecule has 2 heterocycles. The molecule has 28 heavy (non-hydrogen) atoms. The van der Waals surface area contributed by atoms with E-state index in [0.717, 1.165) is 30.3 Å². The Balaban J connectivity index is 1.86. The van der Waals surface area contributed by atoms with Crippen LogP contribution in [0.3, 0.4) is 0 Å². The van der Waals surface area contributed by atoms with Gasteiger partial charge in [-0.15, -0.1) is 0 Å². The van der Waals surface area contributed by atoms with Crippen LogP contribution >= 0.6 is 0 Å². The Hall–Kier alpha value is -2.63. The van der Waals surface area contributed by atoms with Crippen LogP contribution in [0.2, 0.25) is 0 Å². The Bertz CT molecular complexity index is 1000. The van der Waals surface area contributed by atoms with E-state index >= 15 is 0 Å². The Morgan fingerprint density at radius 2 is 1.89 bits per heavy atom. The first kappa shape index (κ1) is 18.7. The van der Waals surface area contributed by atoms with Crippen molar-refractivity contribution in [2.24, 2.45) is 5.92 Å². The smallest absolute Gasteiger partial charge is 0.344 e. The monoisotopic (exact) mass is 380 g/mol. The molecule has 1 unspecified atom stereocenters. The molecule has 6 nitrogen and oxygen atoms in total. The molecule has 0 amide bonds. The topological polar surface area (TPSA) is 83.0 Å². The predicted octanol–water partition coefficient (Wildman–Crippen LogP) is 4.87. The van der Waals surface area contributed by atoms with Crippen molar-refractivity contribution in [1.82, 2.24) is 14.5 Å². The molecule has 2 N–H and O–H groups in total. The maximum atomic E-state index is 12.9. The van der Waals surface area contributed by atoms with Crippen LogP contribution in [0.5, 0.6) is 0 Å². The SMILES string of the molecule is CCC(C)COC(=O)c1c(N)n(C2CCCCC2)c2nc3ccccc3nc12. The number of carbonyl (C=O) groups is 1. The van der Waals surface area contributed by atoms with Crippen molar-refractivity contribution in [3.63, 3.8) is 0 Å². The Kier molecular flexibility index (Phi) is 5.20. The number of fused-ring (bicyclic) bond motifs is 2. The third-order valence-electron chi connectivity index (χ3n) is 5.87. The average molecular weight is 380 g/mol. The van der Waals surface area contributed by atoms with E-state index in [-0.39, 0.29) is 6.04 Å². The summed E-state index contributed by atoms with van der Waals surface area (Å²) in [5, 5.41) is 0. The fourth-order valence-electron chi connectivity index (χ4n) is 4.00. The average Bonchev–Trinajstić information content (AvgIpc) is 3.01.